The van der Waals surface area contributed by atoms with Crippen LogP contribution in [0.2, 0.25) is 4.34 Å². The van der Waals surface area contributed by atoms with Crippen LogP contribution in [0.4, 0.5) is 5.69 Å². The number of benzene rings is 1. The minimum atomic E-state index is 0.694. The Labute approximate surface area is 117 Å². The predicted octanol–water partition coefficient (Wildman–Crippen LogP) is 4.72. The third-order valence-corrected chi connectivity index (χ3v) is 3.82. The molecule has 0 aliphatic rings. The van der Waals surface area contributed by atoms with E-state index in [1.165, 1.54) is 10.4 Å². The highest BCUT2D eigenvalue weighted by molar-refractivity contribution is 7.16. The Morgan fingerprint density at radius 3 is 2.72 bits per heavy atom. The Kier molecular flexibility index (Phi) is 4.50. The highest BCUT2D eigenvalue weighted by atomic mass is 35.5. The molecule has 18 heavy (non-hydrogen) atoms. The highest BCUT2D eigenvalue weighted by Crippen LogP contribution is 2.25. The molecule has 0 aliphatic carbocycles. The smallest absolute Gasteiger partial charge is 0.119 e. The van der Waals surface area contributed by atoms with Crippen LogP contribution in [-0.4, -0.2) is 6.61 Å². The number of halogens is 1. The molecule has 1 N–H and O–H groups in total. The molecule has 4 heteroatoms. The normalized spacial score (nSPS) is 10.4. The summed E-state index contributed by atoms with van der Waals surface area (Å²) in [5, 5.41) is 3.41. The molecule has 0 saturated heterocycles. The Balaban J connectivity index is 2.01. The quantitative estimate of drug-likeness (QED) is 0.856. The number of anilines is 1. The number of rotatable bonds is 5. The molecule has 1 heterocycles. The maximum atomic E-state index is 5.90. The number of hydrogen-bond acceptors (Lipinski definition) is 3. The second kappa shape index (κ2) is 6.12. The summed E-state index contributed by atoms with van der Waals surface area (Å²) < 4.78 is 6.29. The van der Waals surface area contributed by atoms with Crippen molar-refractivity contribution < 1.29 is 4.74 Å². The largest absolute Gasteiger partial charge is 0.494 e. The summed E-state index contributed by atoms with van der Waals surface area (Å²) in [6.07, 6.45) is 0. The second-order valence-electron chi connectivity index (χ2n) is 3.97. The van der Waals surface area contributed by atoms with Crippen LogP contribution in [0.3, 0.4) is 0 Å². The molecule has 0 bridgehead atoms. The van der Waals surface area contributed by atoms with Crippen molar-refractivity contribution in [1.29, 1.82) is 0 Å². The maximum Gasteiger partial charge on any atom is 0.119 e. The van der Waals surface area contributed by atoms with Gasteiger partial charge in [-0.05, 0) is 49.7 Å². The van der Waals surface area contributed by atoms with Gasteiger partial charge in [0.15, 0.2) is 0 Å². The van der Waals surface area contributed by atoms with Gasteiger partial charge in [0.1, 0.15) is 5.75 Å². The van der Waals surface area contributed by atoms with Crippen LogP contribution in [0.25, 0.3) is 0 Å². The first kappa shape index (κ1) is 13.2. The van der Waals surface area contributed by atoms with E-state index in [4.69, 9.17) is 16.3 Å². The van der Waals surface area contributed by atoms with E-state index < -0.39 is 0 Å². The number of thiophene rings is 1. The average molecular weight is 282 g/mol. The summed E-state index contributed by atoms with van der Waals surface area (Å²) in [7, 11) is 0. The van der Waals surface area contributed by atoms with Gasteiger partial charge in [-0.15, -0.1) is 11.3 Å². The molecule has 0 radical (unpaired) electrons. The van der Waals surface area contributed by atoms with Crippen LogP contribution in [0.15, 0.2) is 30.3 Å². The zero-order chi connectivity index (χ0) is 13.0. The van der Waals surface area contributed by atoms with Crippen molar-refractivity contribution in [3.63, 3.8) is 0 Å². The molecule has 0 fully saturated rings. The van der Waals surface area contributed by atoms with Gasteiger partial charge in [0, 0.05) is 17.1 Å². The lowest BCUT2D eigenvalue weighted by Crippen LogP contribution is -2.00. The molecule has 1 aromatic carbocycles. The minimum absolute atomic E-state index is 0.694. The number of ether oxygens (including phenoxy) is 1. The van der Waals surface area contributed by atoms with Crippen molar-refractivity contribution in [3.8, 4) is 5.75 Å². The van der Waals surface area contributed by atoms with Gasteiger partial charge in [0.25, 0.3) is 0 Å². The van der Waals surface area contributed by atoms with Crippen LogP contribution >= 0.6 is 22.9 Å². The van der Waals surface area contributed by atoms with Gasteiger partial charge in [-0.25, -0.2) is 0 Å². The van der Waals surface area contributed by atoms with Gasteiger partial charge in [0.05, 0.1) is 10.9 Å². The fraction of sp³-hybridized carbons (Fsp3) is 0.286. The van der Waals surface area contributed by atoms with Crippen molar-refractivity contribution in [2.75, 3.05) is 11.9 Å². The summed E-state index contributed by atoms with van der Waals surface area (Å²) in [5.74, 6) is 0.916. The topological polar surface area (TPSA) is 21.3 Å². The SMILES string of the molecule is CCOc1ccc(NCc2ccc(Cl)s2)c(C)c1. The monoisotopic (exact) mass is 281 g/mol. The highest BCUT2D eigenvalue weighted by Gasteiger charge is 2.02. The second-order valence-corrected chi connectivity index (χ2v) is 5.77. The van der Waals surface area contributed by atoms with E-state index in [0.717, 1.165) is 22.3 Å². The zero-order valence-corrected chi connectivity index (χ0v) is 12.1. The van der Waals surface area contributed by atoms with Crippen LogP contribution in [0, 0.1) is 6.92 Å². The van der Waals surface area contributed by atoms with Crippen molar-refractivity contribution in [1.82, 2.24) is 0 Å². The molecule has 0 atom stereocenters. The number of hydrogen-bond donors (Lipinski definition) is 1. The van der Waals surface area contributed by atoms with Gasteiger partial charge < -0.3 is 10.1 Å². The number of aryl methyl sites for hydroxylation is 1. The Hall–Kier alpha value is -1.19. The van der Waals surface area contributed by atoms with E-state index in [2.05, 4.69) is 18.3 Å². The molecule has 0 saturated carbocycles. The van der Waals surface area contributed by atoms with Gasteiger partial charge >= 0.3 is 0 Å². The fourth-order valence-corrected chi connectivity index (χ4v) is 2.75. The van der Waals surface area contributed by atoms with Crippen LogP contribution in [-0.2, 0) is 6.54 Å². The van der Waals surface area contributed by atoms with Crippen molar-refractivity contribution in [3.05, 3.63) is 45.1 Å². The Bertz CT molecular complexity index is 524. The maximum absolute atomic E-state index is 5.90. The molecule has 96 valence electrons. The molecule has 0 aliphatic heterocycles. The Morgan fingerprint density at radius 2 is 2.11 bits per heavy atom. The van der Waals surface area contributed by atoms with Crippen LogP contribution in [0.5, 0.6) is 5.75 Å². The van der Waals surface area contributed by atoms with E-state index in [1.54, 1.807) is 11.3 Å². The molecule has 2 nitrogen and oxygen atoms in total. The lowest BCUT2D eigenvalue weighted by atomic mass is 10.2. The van der Waals surface area contributed by atoms with Crippen LogP contribution in [0.1, 0.15) is 17.4 Å². The van der Waals surface area contributed by atoms with E-state index >= 15 is 0 Å². The summed E-state index contributed by atoms with van der Waals surface area (Å²) in [6, 6.07) is 10.1. The molecule has 2 rings (SSSR count). The zero-order valence-electron chi connectivity index (χ0n) is 10.5. The lowest BCUT2D eigenvalue weighted by molar-refractivity contribution is 0.340. The minimum Gasteiger partial charge on any atom is -0.494 e. The standard InChI is InChI=1S/C14H16ClNOS/c1-3-17-11-4-6-13(10(2)8-11)16-9-12-5-7-14(15)18-12/h4-8,16H,3,9H2,1-2H3. The summed E-state index contributed by atoms with van der Waals surface area (Å²) in [6.45, 7) is 5.56. The number of nitrogens with one attached hydrogen (secondary N) is 1. The summed E-state index contributed by atoms with van der Waals surface area (Å²) >= 11 is 7.51. The van der Waals surface area contributed by atoms with Gasteiger partial charge in [-0.2, -0.15) is 0 Å². The predicted molar refractivity (Wildman–Crippen MR) is 79.0 cm³/mol. The Morgan fingerprint density at radius 1 is 1.28 bits per heavy atom. The van der Waals surface area contributed by atoms with Crippen molar-refractivity contribution in [2.24, 2.45) is 0 Å². The third-order valence-electron chi connectivity index (χ3n) is 2.59. The van der Waals surface area contributed by atoms with Crippen molar-refractivity contribution in [2.45, 2.75) is 20.4 Å². The van der Waals surface area contributed by atoms with Gasteiger partial charge in [-0.3, -0.25) is 0 Å². The fourth-order valence-electron chi connectivity index (χ4n) is 1.72. The summed E-state index contributed by atoms with van der Waals surface area (Å²) in [4.78, 5) is 1.23. The third kappa shape index (κ3) is 3.40. The molecular formula is C14H16ClNOS. The first-order valence-electron chi connectivity index (χ1n) is 5.90. The lowest BCUT2D eigenvalue weighted by Gasteiger charge is -2.10. The molecule has 1 aromatic heterocycles. The van der Waals surface area contributed by atoms with Gasteiger partial charge in [-0.1, -0.05) is 11.6 Å². The van der Waals surface area contributed by atoms with Gasteiger partial charge in [0.2, 0.25) is 0 Å². The van der Waals surface area contributed by atoms with E-state index in [0.29, 0.717) is 6.61 Å². The molecule has 2 aromatic rings. The molecular weight excluding hydrogens is 266 g/mol. The van der Waals surface area contributed by atoms with E-state index in [1.807, 2.05) is 31.2 Å². The van der Waals surface area contributed by atoms with Crippen LogP contribution < -0.4 is 10.1 Å². The molecule has 0 unspecified atom stereocenters. The van der Waals surface area contributed by atoms with E-state index in [9.17, 15) is 0 Å². The molecule has 0 spiro atoms. The average Bonchev–Trinajstić information content (AvgIpc) is 2.74. The first-order valence-corrected chi connectivity index (χ1v) is 7.10. The molecule has 0 amide bonds. The van der Waals surface area contributed by atoms with E-state index in [-0.39, 0.29) is 0 Å². The first-order chi connectivity index (χ1) is 8.69. The van der Waals surface area contributed by atoms with Crippen molar-refractivity contribution >= 4 is 28.6 Å². The summed E-state index contributed by atoms with van der Waals surface area (Å²) in [5.41, 5.74) is 2.31.